The SMILES string of the molecule is O=C(O)c1cn(CCO)c2c(cc(O)c3ncccc32)c1=O. The zero-order chi connectivity index (χ0) is 15.9. The third kappa shape index (κ3) is 1.99. The molecule has 0 unspecified atom stereocenters. The Balaban J connectivity index is 2.59. The number of aliphatic hydroxyl groups excluding tert-OH is 1. The van der Waals surface area contributed by atoms with Gasteiger partial charge in [-0.05, 0) is 18.2 Å². The lowest BCUT2D eigenvalue weighted by Gasteiger charge is -2.13. The minimum absolute atomic E-state index is 0.0753. The van der Waals surface area contributed by atoms with Crippen molar-refractivity contribution >= 4 is 27.8 Å². The normalized spacial score (nSPS) is 11.1. The Labute approximate surface area is 123 Å². The van der Waals surface area contributed by atoms with E-state index in [-0.39, 0.29) is 24.3 Å². The average molecular weight is 300 g/mol. The van der Waals surface area contributed by atoms with Crippen molar-refractivity contribution in [2.75, 3.05) is 6.61 Å². The summed E-state index contributed by atoms with van der Waals surface area (Å²) in [4.78, 5) is 27.6. The van der Waals surface area contributed by atoms with Crippen molar-refractivity contribution in [3.8, 4) is 5.75 Å². The highest BCUT2D eigenvalue weighted by molar-refractivity contribution is 6.08. The van der Waals surface area contributed by atoms with E-state index in [4.69, 9.17) is 5.11 Å². The van der Waals surface area contributed by atoms with Crippen molar-refractivity contribution in [1.29, 1.82) is 0 Å². The van der Waals surface area contributed by atoms with Crippen LogP contribution in [0.4, 0.5) is 0 Å². The smallest absolute Gasteiger partial charge is 0.341 e. The van der Waals surface area contributed by atoms with E-state index < -0.39 is 17.0 Å². The minimum Gasteiger partial charge on any atom is -0.506 e. The van der Waals surface area contributed by atoms with Crippen LogP contribution < -0.4 is 5.43 Å². The van der Waals surface area contributed by atoms with Gasteiger partial charge in [0.25, 0.3) is 0 Å². The second kappa shape index (κ2) is 5.12. The minimum atomic E-state index is -1.36. The summed E-state index contributed by atoms with van der Waals surface area (Å²) in [5.41, 5.74) is -0.351. The molecule has 0 fully saturated rings. The molecule has 0 radical (unpaired) electrons. The summed E-state index contributed by atoms with van der Waals surface area (Å²) in [7, 11) is 0. The first kappa shape index (κ1) is 14.0. The van der Waals surface area contributed by atoms with Crippen LogP contribution in [0.1, 0.15) is 10.4 Å². The lowest BCUT2D eigenvalue weighted by Crippen LogP contribution is -2.20. The molecule has 1 aromatic carbocycles. The van der Waals surface area contributed by atoms with E-state index in [1.54, 1.807) is 12.1 Å². The summed E-state index contributed by atoms with van der Waals surface area (Å²) in [6.07, 6.45) is 2.71. The highest BCUT2D eigenvalue weighted by Crippen LogP contribution is 2.30. The molecule has 2 heterocycles. The predicted octanol–water partition coefficient (Wildman–Crippen LogP) is 0.946. The molecule has 0 amide bonds. The molecule has 0 spiro atoms. The van der Waals surface area contributed by atoms with Crippen molar-refractivity contribution in [3.05, 3.63) is 46.4 Å². The molecule has 7 nitrogen and oxygen atoms in total. The van der Waals surface area contributed by atoms with Crippen LogP contribution in [-0.2, 0) is 6.54 Å². The molecule has 3 N–H and O–H groups in total. The maximum absolute atomic E-state index is 12.3. The van der Waals surface area contributed by atoms with Crippen LogP contribution in [0.15, 0.2) is 35.4 Å². The number of benzene rings is 1. The van der Waals surface area contributed by atoms with Crippen molar-refractivity contribution < 1.29 is 20.1 Å². The first-order valence-electron chi connectivity index (χ1n) is 6.52. The Morgan fingerprint density at radius 2 is 2.09 bits per heavy atom. The largest absolute Gasteiger partial charge is 0.506 e. The summed E-state index contributed by atoms with van der Waals surface area (Å²) < 4.78 is 1.49. The summed E-state index contributed by atoms with van der Waals surface area (Å²) in [5.74, 6) is -1.55. The quantitative estimate of drug-likeness (QED) is 0.621. The number of hydrogen-bond acceptors (Lipinski definition) is 5. The lowest BCUT2D eigenvalue weighted by atomic mass is 10.1. The van der Waals surface area contributed by atoms with Gasteiger partial charge in [-0.3, -0.25) is 9.78 Å². The molecule has 0 saturated carbocycles. The Bertz CT molecular complexity index is 961. The molecule has 0 aliphatic heterocycles. The number of aromatic carboxylic acids is 1. The van der Waals surface area contributed by atoms with Crippen LogP contribution in [0, 0.1) is 0 Å². The van der Waals surface area contributed by atoms with Gasteiger partial charge < -0.3 is 19.9 Å². The Hall–Kier alpha value is -2.93. The molecule has 112 valence electrons. The molecule has 0 atom stereocenters. The van der Waals surface area contributed by atoms with Gasteiger partial charge in [0, 0.05) is 24.3 Å². The van der Waals surface area contributed by atoms with Crippen LogP contribution in [-0.4, -0.2) is 37.4 Å². The van der Waals surface area contributed by atoms with Gasteiger partial charge in [0.15, 0.2) is 0 Å². The zero-order valence-corrected chi connectivity index (χ0v) is 11.4. The molecule has 22 heavy (non-hydrogen) atoms. The van der Waals surface area contributed by atoms with Crippen LogP contribution in [0.2, 0.25) is 0 Å². The molecule has 3 rings (SSSR count). The number of pyridine rings is 2. The second-order valence-corrected chi connectivity index (χ2v) is 4.79. The fourth-order valence-electron chi connectivity index (χ4n) is 2.56. The van der Waals surface area contributed by atoms with Crippen LogP contribution in [0.3, 0.4) is 0 Å². The maximum Gasteiger partial charge on any atom is 0.341 e. The van der Waals surface area contributed by atoms with Gasteiger partial charge in [-0.15, -0.1) is 0 Å². The number of aromatic hydroxyl groups is 1. The Kier molecular flexibility index (Phi) is 3.26. The van der Waals surface area contributed by atoms with Gasteiger partial charge in [0.1, 0.15) is 16.8 Å². The van der Waals surface area contributed by atoms with E-state index in [0.717, 1.165) is 0 Å². The standard InChI is InChI=1S/C15H12N2O5/c18-5-4-17-7-10(15(21)22)14(20)9-6-11(19)12-8(13(9)17)2-1-3-16-12/h1-3,6-7,18-19H,4-5H2,(H,21,22). The molecular formula is C15H12N2O5. The van der Waals surface area contributed by atoms with Crippen LogP contribution in [0.25, 0.3) is 21.8 Å². The number of aromatic nitrogens is 2. The second-order valence-electron chi connectivity index (χ2n) is 4.79. The van der Waals surface area contributed by atoms with E-state index >= 15 is 0 Å². The number of hydrogen-bond donors (Lipinski definition) is 3. The highest BCUT2D eigenvalue weighted by Gasteiger charge is 2.18. The van der Waals surface area contributed by atoms with Gasteiger partial charge in [-0.2, -0.15) is 0 Å². The fourth-order valence-corrected chi connectivity index (χ4v) is 2.56. The third-order valence-electron chi connectivity index (χ3n) is 3.47. The average Bonchev–Trinajstić information content (AvgIpc) is 2.50. The highest BCUT2D eigenvalue weighted by atomic mass is 16.4. The first-order valence-corrected chi connectivity index (χ1v) is 6.52. The topological polar surface area (TPSA) is 113 Å². The van der Waals surface area contributed by atoms with Gasteiger partial charge in [0.2, 0.25) is 5.43 Å². The number of carbonyl (C=O) groups is 1. The number of phenolic OH excluding ortho intramolecular Hbond substituents is 1. The number of aliphatic hydroxyl groups is 1. The molecule has 2 aromatic heterocycles. The molecule has 3 aromatic rings. The van der Waals surface area contributed by atoms with Crippen LogP contribution in [0.5, 0.6) is 5.75 Å². The molecular weight excluding hydrogens is 288 g/mol. The van der Waals surface area contributed by atoms with Gasteiger partial charge in [0.05, 0.1) is 17.5 Å². The number of rotatable bonds is 3. The van der Waals surface area contributed by atoms with E-state index in [9.17, 15) is 19.8 Å². The lowest BCUT2D eigenvalue weighted by molar-refractivity contribution is 0.0694. The van der Waals surface area contributed by atoms with E-state index in [2.05, 4.69) is 4.98 Å². The predicted molar refractivity (Wildman–Crippen MR) is 79.2 cm³/mol. The van der Waals surface area contributed by atoms with Gasteiger partial charge >= 0.3 is 5.97 Å². The summed E-state index contributed by atoms with van der Waals surface area (Å²) >= 11 is 0. The number of carboxylic acid groups (broad SMARTS) is 1. The number of carboxylic acids is 1. The van der Waals surface area contributed by atoms with Crippen molar-refractivity contribution in [1.82, 2.24) is 9.55 Å². The van der Waals surface area contributed by atoms with E-state index in [1.165, 1.54) is 23.0 Å². The number of fused-ring (bicyclic) bond motifs is 3. The monoisotopic (exact) mass is 300 g/mol. The van der Waals surface area contributed by atoms with Crippen molar-refractivity contribution in [2.45, 2.75) is 6.54 Å². The van der Waals surface area contributed by atoms with Crippen molar-refractivity contribution in [3.63, 3.8) is 0 Å². The van der Waals surface area contributed by atoms with E-state index in [0.29, 0.717) is 16.4 Å². The number of phenols is 1. The first-order chi connectivity index (χ1) is 10.5. The van der Waals surface area contributed by atoms with Crippen molar-refractivity contribution in [2.24, 2.45) is 0 Å². The molecule has 0 bridgehead atoms. The summed E-state index contributed by atoms with van der Waals surface area (Å²) in [6, 6.07) is 4.55. The van der Waals surface area contributed by atoms with Gasteiger partial charge in [-0.1, -0.05) is 0 Å². The third-order valence-corrected chi connectivity index (χ3v) is 3.47. The van der Waals surface area contributed by atoms with E-state index in [1.807, 2.05) is 0 Å². The Morgan fingerprint density at radius 3 is 2.77 bits per heavy atom. The molecule has 0 aliphatic rings. The number of nitrogens with zero attached hydrogens (tertiary/aromatic N) is 2. The molecule has 7 heteroatoms. The summed E-state index contributed by atoms with van der Waals surface area (Å²) in [5, 5.41) is 29.0. The molecule has 0 saturated heterocycles. The molecule has 0 aliphatic carbocycles. The van der Waals surface area contributed by atoms with Gasteiger partial charge in [-0.25, -0.2) is 4.79 Å². The van der Waals surface area contributed by atoms with Crippen LogP contribution >= 0.6 is 0 Å². The Morgan fingerprint density at radius 1 is 1.32 bits per heavy atom. The summed E-state index contributed by atoms with van der Waals surface area (Å²) in [6.45, 7) is -0.106. The fraction of sp³-hybridized carbons (Fsp3) is 0.133. The zero-order valence-electron chi connectivity index (χ0n) is 11.4. The maximum atomic E-state index is 12.3.